The predicted octanol–water partition coefficient (Wildman–Crippen LogP) is 2.02. The topological polar surface area (TPSA) is 87.7 Å². The smallest absolute Gasteiger partial charge is 0.321 e. The molecule has 0 aliphatic carbocycles. The Bertz CT molecular complexity index is 640. The van der Waals surface area contributed by atoms with E-state index in [1.54, 1.807) is 24.0 Å². The summed E-state index contributed by atoms with van der Waals surface area (Å²) in [5.74, 6) is 0. The Labute approximate surface area is 143 Å². The average Bonchev–Trinajstić information content (AvgIpc) is 2.56. The lowest BCUT2D eigenvalue weighted by atomic mass is 10.1. The molecule has 0 saturated carbocycles. The molecule has 1 aliphatic heterocycles. The van der Waals surface area contributed by atoms with Gasteiger partial charge in [-0.05, 0) is 50.5 Å². The summed E-state index contributed by atoms with van der Waals surface area (Å²) in [6.07, 6.45) is 3.21. The van der Waals surface area contributed by atoms with Crippen LogP contribution in [0.3, 0.4) is 0 Å². The molecule has 0 radical (unpaired) electrons. The van der Waals surface area contributed by atoms with Crippen molar-refractivity contribution in [2.24, 2.45) is 0 Å². The number of rotatable bonds is 6. The van der Waals surface area contributed by atoms with Gasteiger partial charge in [0.15, 0.2) is 0 Å². The molecule has 0 aromatic heterocycles. The van der Waals surface area contributed by atoms with E-state index < -0.39 is 10.0 Å². The average molecular weight is 355 g/mol. The molecule has 2 rings (SSSR count). The van der Waals surface area contributed by atoms with E-state index in [2.05, 4.69) is 10.0 Å². The van der Waals surface area contributed by atoms with Gasteiger partial charge >= 0.3 is 6.03 Å². The molecule has 0 unspecified atom stereocenters. The van der Waals surface area contributed by atoms with Crippen LogP contribution in [0.1, 0.15) is 26.2 Å². The molecule has 1 fully saturated rings. The molecule has 2 amide bonds. The third-order valence-electron chi connectivity index (χ3n) is 3.83. The Balaban J connectivity index is 1.98. The molecule has 2 N–H and O–H groups in total. The second-order valence-corrected chi connectivity index (χ2v) is 7.69. The van der Waals surface area contributed by atoms with Gasteiger partial charge in [-0.2, -0.15) is 0 Å². The monoisotopic (exact) mass is 355 g/mol. The maximum Gasteiger partial charge on any atom is 0.321 e. The number of urea groups is 1. The molecule has 8 heteroatoms. The molecule has 1 atom stereocenters. The summed E-state index contributed by atoms with van der Waals surface area (Å²) in [6.45, 7) is 3.55. The third kappa shape index (κ3) is 5.19. The number of benzene rings is 1. The predicted molar refractivity (Wildman–Crippen MR) is 92.5 cm³/mol. The number of methoxy groups -OCH3 is 1. The van der Waals surface area contributed by atoms with Crippen molar-refractivity contribution >= 4 is 21.7 Å². The Morgan fingerprint density at radius 1 is 1.21 bits per heavy atom. The highest BCUT2D eigenvalue weighted by Gasteiger charge is 2.19. The van der Waals surface area contributed by atoms with E-state index in [1.165, 1.54) is 19.2 Å². The van der Waals surface area contributed by atoms with Crippen molar-refractivity contribution in [3.8, 4) is 0 Å². The quantitative estimate of drug-likeness (QED) is 0.817. The van der Waals surface area contributed by atoms with Crippen molar-refractivity contribution in [3.63, 3.8) is 0 Å². The Morgan fingerprint density at radius 3 is 2.42 bits per heavy atom. The van der Waals surface area contributed by atoms with Crippen LogP contribution in [0.2, 0.25) is 0 Å². The zero-order valence-corrected chi connectivity index (χ0v) is 14.9. The number of hydrogen-bond donors (Lipinski definition) is 2. The summed E-state index contributed by atoms with van der Waals surface area (Å²) in [5, 5.41) is 2.80. The number of carbonyl (C=O) groups excluding carboxylic acids is 1. The minimum atomic E-state index is -3.60. The zero-order chi connectivity index (χ0) is 17.6. The van der Waals surface area contributed by atoms with E-state index in [0.29, 0.717) is 12.3 Å². The lowest BCUT2D eigenvalue weighted by molar-refractivity contribution is 0.180. The summed E-state index contributed by atoms with van der Waals surface area (Å²) in [7, 11) is -2.08. The molecule has 0 spiro atoms. The summed E-state index contributed by atoms with van der Waals surface area (Å²) in [4.78, 5) is 14.1. The van der Waals surface area contributed by atoms with Gasteiger partial charge in [0.2, 0.25) is 10.0 Å². The van der Waals surface area contributed by atoms with Gasteiger partial charge in [0, 0.05) is 31.9 Å². The molecule has 1 aromatic rings. The fourth-order valence-corrected chi connectivity index (χ4v) is 3.86. The molecule has 1 aromatic carbocycles. The van der Waals surface area contributed by atoms with E-state index in [0.717, 1.165) is 32.4 Å². The number of sulfonamides is 1. The second kappa shape index (κ2) is 8.46. The van der Waals surface area contributed by atoms with E-state index in [-0.39, 0.29) is 17.0 Å². The normalized spacial score (nSPS) is 16.7. The van der Waals surface area contributed by atoms with Gasteiger partial charge in [0.25, 0.3) is 0 Å². The highest BCUT2D eigenvalue weighted by Crippen LogP contribution is 2.16. The maximum atomic E-state index is 12.2. The molecule has 7 nitrogen and oxygen atoms in total. The van der Waals surface area contributed by atoms with Crippen LogP contribution in [0.25, 0.3) is 0 Å². The molecule has 1 saturated heterocycles. The number of nitrogens with zero attached hydrogens (tertiary/aromatic N) is 1. The van der Waals surface area contributed by atoms with Crippen molar-refractivity contribution in [3.05, 3.63) is 24.3 Å². The maximum absolute atomic E-state index is 12.2. The first-order valence-corrected chi connectivity index (χ1v) is 9.58. The summed E-state index contributed by atoms with van der Waals surface area (Å²) in [5.41, 5.74) is 0.578. The van der Waals surface area contributed by atoms with Crippen LogP contribution in [-0.2, 0) is 14.8 Å². The van der Waals surface area contributed by atoms with Crippen LogP contribution in [0.5, 0.6) is 0 Å². The Morgan fingerprint density at radius 2 is 1.83 bits per heavy atom. The first-order chi connectivity index (χ1) is 11.4. The first-order valence-electron chi connectivity index (χ1n) is 8.09. The number of anilines is 1. The minimum absolute atomic E-state index is 0.142. The zero-order valence-electron chi connectivity index (χ0n) is 14.1. The highest BCUT2D eigenvalue weighted by atomic mass is 32.2. The van der Waals surface area contributed by atoms with Gasteiger partial charge in [0.05, 0.1) is 11.5 Å². The number of likely N-dealkylation sites (tertiary alicyclic amines) is 1. The highest BCUT2D eigenvalue weighted by molar-refractivity contribution is 7.89. The van der Waals surface area contributed by atoms with E-state index >= 15 is 0 Å². The molecular weight excluding hydrogens is 330 g/mol. The number of amides is 2. The number of piperidine rings is 1. The van der Waals surface area contributed by atoms with Gasteiger partial charge < -0.3 is 15.0 Å². The first kappa shape index (κ1) is 18.7. The Kier molecular flexibility index (Phi) is 6.59. The van der Waals surface area contributed by atoms with Crippen molar-refractivity contribution in [1.29, 1.82) is 0 Å². The second-order valence-electron chi connectivity index (χ2n) is 5.98. The molecule has 1 heterocycles. The van der Waals surface area contributed by atoms with Crippen LogP contribution in [0.15, 0.2) is 29.2 Å². The summed E-state index contributed by atoms with van der Waals surface area (Å²) >= 11 is 0. The van der Waals surface area contributed by atoms with Gasteiger partial charge in [-0.1, -0.05) is 0 Å². The van der Waals surface area contributed by atoms with Gasteiger partial charge in [-0.15, -0.1) is 0 Å². The van der Waals surface area contributed by atoms with Crippen molar-refractivity contribution in [1.82, 2.24) is 9.62 Å². The SMILES string of the molecule is COC[C@H](C)NS(=O)(=O)c1ccc(NC(=O)N2CCCCC2)cc1. The standard InChI is InChI=1S/C16H25N3O4S/c1-13(12-23-2)18-24(21,22)15-8-6-14(7-9-15)17-16(20)19-10-4-3-5-11-19/h6-9,13,18H,3-5,10-12H2,1-2H3,(H,17,20)/t13-/m0/s1. The number of nitrogens with one attached hydrogen (secondary N) is 2. The fraction of sp³-hybridized carbons (Fsp3) is 0.562. The lowest BCUT2D eigenvalue weighted by Crippen LogP contribution is -2.38. The number of ether oxygens (including phenoxy) is 1. The summed E-state index contributed by atoms with van der Waals surface area (Å²) in [6, 6.07) is 5.69. The van der Waals surface area contributed by atoms with Crippen molar-refractivity contribution in [2.75, 3.05) is 32.1 Å². The molecule has 134 valence electrons. The van der Waals surface area contributed by atoms with E-state index in [9.17, 15) is 13.2 Å². The number of carbonyl (C=O) groups is 1. The number of hydrogen-bond acceptors (Lipinski definition) is 4. The van der Waals surface area contributed by atoms with Crippen LogP contribution in [-0.4, -0.2) is 52.2 Å². The van der Waals surface area contributed by atoms with Crippen molar-refractivity contribution in [2.45, 2.75) is 37.1 Å². The van der Waals surface area contributed by atoms with Gasteiger partial charge in [0.1, 0.15) is 0 Å². The van der Waals surface area contributed by atoms with E-state index in [1.807, 2.05) is 0 Å². The third-order valence-corrected chi connectivity index (χ3v) is 5.44. The largest absolute Gasteiger partial charge is 0.383 e. The van der Waals surface area contributed by atoms with Crippen LogP contribution >= 0.6 is 0 Å². The lowest BCUT2D eigenvalue weighted by Gasteiger charge is -2.26. The molecular formula is C16H25N3O4S. The minimum Gasteiger partial charge on any atom is -0.383 e. The van der Waals surface area contributed by atoms with Gasteiger partial charge in [-0.3, -0.25) is 0 Å². The fourth-order valence-electron chi connectivity index (χ4n) is 2.63. The molecule has 24 heavy (non-hydrogen) atoms. The molecule has 0 bridgehead atoms. The van der Waals surface area contributed by atoms with Crippen LogP contribution in [0, 0.1) is 0 Å². The van der Waals surface area contributed by atoms with Gasteiger partial charge in [-0.25, -0.2) is 17.9 Å². The van der Waals surface area contributed by atoms with Crippen molar-refractivity contribution < 1.29 is 17.9 Å². The van der Waals surface area contributed by atoms with Crippen LogP contribution < -0.4 is 10.0 Å². The van der Waals surface area contributed by atoms with Crippen LogP contribution in [0.4, 0.5) is 10.5 Å². The Hall–Kier alpha value is -1.64. The van der Waals surface area contributed by atoms with E-state index in [4.69, 9.17) is 4.74 Å². The molecule has 1 aliphatic rings. The summed E-state index contributed by atoms with van der Waals surface area (Å²) < 4.78 is 31.9.